The van der Waals surface area contributed by atoms with Gasteiger partial charge in [-0.1, -0.05) is 73.3 Å². The Bertz CT molecular complexity index is 942. The molecule has 1 unspecified atom stereocenters. The zero-order chi connectivity index (χ0) is 23.0. The van der Waals surface area contributed by atoms with Gasteiger partial charge in [0.2, 0.25) is 5.91 Å². The van der Waals surface area contributed by atoms with Crippen molar-refractivity contribution in [2.24, 2.45) is 0 Å². The highest BCUT2D eigenvalue weighted by Gasteiger charge is 2.42. The van der Waals surface area contributed by atoms with E-state index in [0.29, 0.717) is 23.4 Å². The van der Waals surface area contributed by atoms with Gasteiger partial charge in [-0.25, -0.2) is 4.79 Å². The number of rotatable bonds is 8. The van der Waals surface area contributed by atoms with E-state index in [1.807, 2.05) is 30.3 Å². The Morgan fingerprint density at radius 1 is 1.00 bits per heavy atom. The van der Waals surface area contributed by atoms with Crippen LogP contribution < -0.4 is 10.6 Å². The molecule has 0 radical (unpaired) electrons. The number of ether oxygens (including phenoxy) is 1. The normalized spacial score (nSPS) is 15.9. The fraction of sp³-hybridized carbons (Fsp3) is 0.400. The van der Waals surface area contributed by atoms with Gasteiger partial charge in [-0.2, -0.15) is 0 Å². The van der Waals surface area contributed by atoms with Crippen molar-refractivity contribution in [1.29, 1.82) is 0 Å². The molecule has 1 aliphatic carbocycles. The molecule has 2 aromatic carbocycles. The maximum atomic E-state index is 13.1. The van der Waals surface area contributed by atoms with E-state index < -0.39 is 11.6 Å². The van der Waals surface area contributed by atoms with Crippen molar-refractivity contribution in [1.82, 2.24) is 10.6 Å². The predicted octanol–water partition coefficient (Wildman–Crippen LogP) is 4.58. The van der Waals surface area contributed by atoms with E-state index in [2.05, 4.69) is 10.6 Å². The second kappa shape index (κ2) is 11.1. The third-order valence-corrected chi connectivity index (χ3v) is 6.10. The van der Waals surface area contributed by atoms with Crippen LogP contribution in [-0.4, -0.2) is 29.9 Å². The molecule has 7 heteroatoms. The molecule has 0 saturated heterocycles. The van der Waals surface area contributed by atoms with E-state index in [1.54, 1.807) is 31.2 Å². The number of carbonyl (C=O) groups is 3. The van der Waals surface area contributed by atoms with Gasteiger partial charge in [-0.05, 0) is 37.5 Å². The second-order valence-electron chi connectivity index (χ2n) is 8.03. The molecule has 1 atom stereocenters. The first-order valence-electron chi connectivity index (χ1n) is 11.0. The molecule has 2 aromatic rings. The van der Waals surface area contributed by atoms with Gasteiger partial charge in [0.1, 0.15) is 5.54 Å². The third-order valence-electron chi connectivity index (χ3n) is 5.77. The van der Waals surface area contributed by atoms with Gasteiger partial charge in [0, 0.05) is 0 Å². The van der Waals surface area contributed by atoms with Crippen LogP contribution in [0.25, 0.3) is 0 Å². The molecule has 1 saturated carbocycles. The average Bonchev–Trinajstić information content (AvgIpc) is 2.80. The minimum absolute atomic E-state index is 0.0125. The van der Waals surface area contributed by atoms with Crippen LogP contribution in [0.5, 0.6) is 0 Å². The van der Waals surface area contributed by atoms with Crippen LogP contribution in [0.15, 0.2) is 54.6 Å². The molecule has 2 N–H and O–H groups in total. The van der Waals surface area contributed by atoms with Crippen molar-refractivity contribution in [2.45, 2.75) is 57.0 Å². The van der Waals surface area contributed by atoms with Crippen molar-refractivity contribution < 1.29 is 19.1 Å². The lowest BCUT2D eigenvalue weighted by molar-refractivity contribution is -0.155. The number of hydrogen-bond donors (Lipinski definition) is 2. The Morgan fingerprint density at radius 3 is 2.31 bits per heavy atom. The number of esters is 1. The molecule has 1 aliphatic rings. The van der Waals surface area contributed by atoms with Gasteiger partial charge in [0.15, 0.2) is 0 Å². The lowest BCUT2D eigenvalue weighted by Crippen LogP contribution is -2.56. The van der Waals surface area contributed by atoms with E-state index in [1.165, 1.54) is 0 Å². The summed E-state index contributed by atoms with van der Waals surface area (Å²) in [5.41, 5.74) is 0.127. The van der Waals surface area contributed by atoms with E-state index in [-0.39, 0.29) is 30.8 Å². The second-order valence-corrected chi connectivity index (χ2v) is 8.44. The summed E-state index contributed by atoms with van der Waals surface area (Å²) >= 11 is 6.17. The first kappa shape index (κ1) is 23.8. The Balaban J connectivity index is 1.78. The minimum atomic E-state index is -1.00. The molecule has 32 heavy (non-hydrogen) atoms. The monoisotopic (exact) mass is 456 g/mol. The Kier molecular flexibility index (Phi) is 8.28. The quantitative estimate of drug-likeness (QED) is 0.569. The molecule has 0 spiro atoms. The fourth-order valence-electron chi connectivity index (χ4n) is 4.13. The minimum Gasteiger partial charge on any atom is -0.464 e. The van der Waals surface area contributed by atoms with Crippen LogP contribution >= 0.6 is 11.6 Å². The van der Waals surface area contributed by atoms with Gasteiger partial charge < -0.3 is 15.4 Å². The van der Waals surface area contributed by atoms with Crippen LogP contribution in [0.3, 0.4) is 0 Å². The van der Waals surface area contributed by atoms with E-state index >= 15 is 0 Å². The van der Waals surface area contributed by atoms with Crippen LogP contribution in [0.1, 0.15) is 67.4 Å². The van der Waals surface area contributed by atoms with Gasteiger partial charge in [-0.15, -0.1) is 0 Å². The zero-order valence-corrected chi connectivity index (χ0v) is 19.0. The average molecular weight is 457 g/mol. The number of benzene rings is 2. The third kappa shape index (κ3) is 5.88. The van der Waals surface area contributed by atoms with Gasteiger partial charge >= 0.3 is 5.97 Å². The summed E-state index contributed by atoms with van der Waals surface area (Å²) in [6, 6.07) is 15.5. The summed E-state index contributed by atoms with van der Waals surface area (Å²) in [4.78, 5) is 38.7. The molecule has 0 aromatic heterocycles. The number of halogens is 1. The molecule has 6 nitrogen and oxygen atoms in total. The Labute approximate surface area is 193 Å². The van der Waals surface area contributed by atoms with Crippen molar-refractivity contribution in [2.75, 3.05) is 6.61 Å². The maximum absolute atomic E-state index is 13.1. The summed E-state index contributed by atoms with van der Waals surface area (Å²) in [5, 5.41) is 6.21. The standard InChI is InChI=1S/C25H29ClN2O4/c1-2-32-24(31)25(15-9-4-10-16-25)28-22(29)17-21(18-11-5-3-6-12-18)27-23(30)19-13-7-8-14-20(19)26/h3,5-8,11-14,21H,2,4,9-10,15-17H2,1H3,(H,27,30)(H,28,29). The topological polar surface area (TPSA) is 84.5 Å². The molecule has 2 amide bonds. The molecular weight excluding hydrogens is 428 g/mol. The molecule has 170 valence electrons. The van der Waals surface area contributed by atoms with Crippen molar-refractivity contribution in [3.8, 4) is 0 Å². The molecule has 3 rings (SSSR count). The summed E-state index contributed by atoms with van der Waals surface area (Å²) in [6.45, 7) is 2.02. The van der Waals surface area contributed by atoms with Crippen LogP contribution in [0.4, 0.5) is 0 Å². The highest BCUT2D eigenvalue weighted by Crippen LogP contribution is 2.30. The lowest BCUT2D eigenvalue weighted by atomic mass is 9.81. The van der Waals surface area contributed by atoms with E-state index in [9.17, 15) is 14.4 Å². The first-order chi connectivity index (χ1) is 15.4. The fourth-order valence-corrected chi connectivity index (χ4v) is 4.35. The van der Waals surface area contributed by atoms with Crippen LogP contribution in [0, 0.1) is 0 Å². The highest BCUT2D eigenvalue weighted by molar-refractivity contribution is 6.33. The van der Waals surface area contributed by atoms with Crippen molar-refractivity contribution in [3.05, 3.63) is 70.7 Å². The molecule has 1 fully saturated rings. The van der Waals surface area contributed by atoms with Crippen LogP contribution in [0.2, 0.25) is 5.02 Å². The first-order valence-corrected chi connectivity index (χ1v) is 11.4. The van der Waals surface area contributed by atoms with E-state index in [0.717, 1.165) is 24.8 Å². The van der Waals surface area contributed by atoms with Crippen molar-refractivity contribution >= 4 is 29.4 Å². The summed E-state index contributed by atoms with van der Waals surface area (Å²) < 4.78 is 5.27. The van der Waals surface area contributed by atoms with E-state index in [4.69, 9.17) is 16.3 Å². The SMILES string of the molecule is CCOC(=O)C1(NC(=O)CC(NC(=O)c2ccccc2Cl)c2ccccc2)CCCCC1. The van der Waals surface area contributed by atoms with Gasteiger partial charge in [0.25, 0.3) is 5.91 Å². The summed E-state index contributed by atoms with van der Waals surface area (Å²) in [5.74, 6) is -1.06. The zero-order valence-electron chi connectivity index (χ0n) is 18.2. The summed E-state index contributed by atoms with van der Waals surface area (Å²) in [6.07, 6.45) is 3.83. The maximum Gasteiger partial charge on any atom is 0.331 e. The van der Waals surface area contributed by atoms with Crippen molar-refractivity contribution in [3.63, 3.8) is 0 Å². The molecule has 0 bridgehead atoms. The summed E-state index contributed by atoms with van der Waals surface area (Å²) in [7, 11) is 0. The van der Waals surface area contributed by atoms with Gasteiger partial charge in [0.05, 0.1) is 29.7 Å². The smallest absolute Gasteiger partial charge is 0.331 e. The molecular formula is C25H29ClN2O4. The lowest BCUT2D eigenvalue weighted by Gasteiger charge is -2.36. The van der Waals surface area contributed by atoms with Crippen LogP contribution in [-0.2, 0) is 14.3 Å². The highest BCUT2D eigenvalue weighted by atomic mass is 35.5. The van der Waals surface area contributed by atoms with Gasteiger partial charge in [-0.3, -0.25) is 9.59 Å². The predicted molar refractivity (Wildman–Crippen MR) is 123 cm³/mol. The number of hydrogen-bond acceptors (Lipinski definition) is 4. The number of carbonyl (C=O) groups excluding carboxylic acids is 3. The number of amides is 2. The molecule has 0 heterocycles. The largest absolute Gasteiger partial charge is 0.464 e. The number of nitrogens with one attached hydrogen (secondary N) is 2. The molecule has 0 aliphatic heterocycles. The Hall–Kier alpha value is -2.86. The Morgan fingerprint density at radius 2 is 1.66 bits per heavy atom.